The highest BCUT2D eigenvalue weighted by molar-refractivity contribution is 7.89. The summed E-state index contributed by atoms with van der Waals surface area (Å²) in [6.07, 6.45) is 6.40. The number of aliphatic hydroxyl groups is 2. The highest BCUT2D eigenvalue weighted by atomic mass is 32.2. The van der Waals surface area contributed by atoms with Crippen LogP contribution < -0.4 is 4.72 Å². The van der Waals surface area contributed by atoms with E-state index in [2.05, 4.69) is 11.6 Å². The van der Waals surface area contributed by atoms with Gasteiger partial charge in [0.05, 0.1) is 17.1 Å². The number of aliphatic hydroxyl groups excluding tert-OH is 2. The number of aryl methyl sites for hydroxylation is 1. The van der Waals surface area contributed by atoms with E-state index in [1.807, 2.05) is 26.0 Å². The second-order valence-corrected chi connectivity index (χ2v) is 12.3. The zero-order chi connectivity index (χ0) is 22.3. The lowest BCUT2D eigenvalue weighted by Gasteiger charge is -2.53. The van der Waals surface area contributed by atoms with Crippen molar-refractivity contribution in [2.24, 2.45) is 35.5 Å². The van der Waals surface area contributed by atoms with E-state index in [0.717, 1.165) is 24.8 Å². The zero-order valence-electron chi connectivity index (χ0n) is 19.1. The van der Waals surface area contributed by atoms with Gasteiger partial charge in [0.25, 0.3) is 0 Å². The predicted molar refractivity (Wildman–Crippen MR) is 122 cm³/mol. The van der Waals surface area contributed by atoms with Crippen LogP contribution in [0, 0.1) is 42.4 Å². The van der Waals surface area contributed by atoms with Crippen LogP contribution in [0.3, 0.4) is 0 Å². The summed E-state index contributed by atoms with van der Waals surface area (Å²) in [5.74, 6) is 1.00. The Hall–Kier alpha value is -0.950. The van der Waals surface area contributed by atoms with Crippen LogP contribution in [-0.2, 0) is 10.0 Å². The Kier molecular flexibility index (Phi) is 6.83. The largest absolute Gasteiger partial charge is 0.393 e. The van der Waals surface area contributed by atoms with Crippen LogP contribution in [0.2, 0.25) is 0 Å². The average molecular weight is 450 g/mol. The van der Waals surface area contributed by atoms with Gasteiger partial charge in [-0.1, -0.05) is 50.8 Å². The Labute approximate surface area is 187 Å². The number of hydrogen-bond donors (Lipinski definition) is 3. The smallest absolute Gasteiger partial charge is 0.240 e. The summed E-state index contributed by atoms with van der Waals surface area (Å²) in [5, 5.41) is 22.3. The first-order valence-electron chi connectivity index (χ1n) is 12.1. The summed E-state index contributed by atoms with van der Waals surface area (Å²) >= 11 is 0. The molecule has 31 heavy (non-hydrogen) atoms. The fourth-order valence-corrected chi connectivity index (χ4v) is 8.28. The summed E-state index contributed by atoms with van der Waals surface area (Å²) in [6.45, 7) is 6.03. The summed E-state index contributed by atoms with van der Waals surface area (Å²) in [7, 11) is -3.64. The van der Waals surface area contributed by atoms with Crippen molar-refractivity contribution in [2.45, 2.75) is 88.9 Å². The monoisotopic (exact) mass is 449 g/mol. The molecule has 0 bridgehead atoms. The molecule has 1 aromatic rings. The molecule has 0 aliphatic heterocycles. The normalized spacial score (nSPS) is 41.5. The van der Waals surface area contributed by atoms with Crippen LogP contribution in [0.4, 0.5) is 0 Å². The molecule has 6 heteroatoms. The number of sulfonamides is 1. The fourth-order valence-electron chi connectivity index (χ4n) is 6.94. The summed E-state index contributed by atoms with van der Waals surface area (Å²) in [4.78, 5) is 0.283. The number of nitrogens with one attached hydrogen (secondary N) is 1. The topological polar surface area (TPSA) is 86.6 Å². The van der Waals surface area contributed by atoms with Crippen molar-refractivity contribution >= 4 is 10.0 Å². The van der Waals surface area contributed by atoms with Crippen LogP contribution in [0.25, 0.3) is 0 Å². The molecule has 3 aliphatic rings. The molecular weight excluding hydrogens is 410 g/mol. The molecule has 9 atom stereocenters. The second kappa shape index (κ2) is 9.12. The summed E-state index contributed by atoms with van der Waals surface area (Å²) in [6, 6.07) is 6.69. The Morgan fingerprint density at radius 2 is 1.61 bits per heavy atom. The van der Waals surface area contributed by atoms with E-state index in [0.29, 0.717) is 18.3 Å². The third-order valence-electron chi connectivity index (χ3n) is 8.67. The maximum absolute atomic E-state index is 13.1. The van der Waals surface area contributed by atoms with Crippen LogP contribution in [0.1, 0.15) is 64.4 Å². The minimum absolute atomic E-state index is 0.0110. The van der Waals surface area contributed by atoms with Crippen molar-refractivity contribution in [3.8, 4) is 0 Å². The highest BCUT2D eigenvalue weighted by Gasteiger charge is 2.51. The molecule has 4 rings (SSSR count). The van der Waals surface area contributed by atoms with E-state index in [-0.39, 0.29) is 34.6 Å². The van der Waals surface area contributed by atoms with Crippen molar-refractivity contribution in [1.82, 2.24) is 4.72 Å². The summed E-state index contributed by atoms with van der Waals surface area (Å²) < 4.78 is 29.2. The maximum atomic E-state index is 13.1. The lowest BCUT2D eigenvalue weighted by molar-refractivity contribution is -0.121. The Bertz CT molecular complexity index is 855. The molecule has 0 saturated heterocycles. The lowest BCUT2D eigenvalue weighted by Crippen LogP contribution is -2.57. The van der Waals surface area contributed by atoms with Crippen LogP contribution in [-0.4, -0.2) is 36.9 Å². The van der Waals surface area contributed by atoms with Gasteiger partial charge in [0.15, 0.2) is 0 Å². The second-order valence-electron chi connectivity index (χ2n) is 10.6. The van der Waals surface area contributed by atoms with E-state index in [1.54, 1.807) is 12.1 Å². The maximum Gasteiger partial charge on any atom is 0.240 e. The Balaban J connectivity index is 1.59. The molecule has 0 aromatic heterocycles. The minimum Gasteiger partial charge on any atom is -0.393 e. The van der Waals surface area contributed by atoms with Gasteiger partial charge >= 0.3 is 0 Å². The van der Waals surface area contributed by atoms with Gasteiger partial charge in [-0.05, 0) is 80.2 Å². The van der Waals surface area contributed by atoms with Crippen LogP contribution in [0.5, 0.6) is 0 Å². The highest BCUT2D eigenvalue weighted by Crippen LogP contribution is 2.51. The molecule has 9 unspecified atom stereocenters. The third-order valence-corrected chi connectivity index (χ3v) is 10.2. The minimum atomic E-state index is -3.64. The van der Waals surface area contributed by atoms with Crippen molar-refractivity contribution in [3.05, 3.63) is 29.8 Å². The zero-order valence-corrected chi connectivity index (χ0v) is 19.9. The molecule has 0 amide bonds. The molecule has 5 nitrogen and oxygen atoms in total. The van der Waals surface area contributed by atoms with E-state index in [9.17, 15) is 18.6 Å². The van der Waals surface area contributed by atoms with E-state index >= 15 is 0 Å². The predicted octanol–water partition coefficient (Wildman–Crippen LogP) is 3.87. The van der Waals surface area contributed by atoms with E-state index < -0.39 is 22.2 Å². The molecule has 3 fully saturated rings. The van der Waals surface area contributed by atoms with Gasteiger partial charge in [0.1, 0.15) is 0 Å². The first kappa shape index (κ1) is 23.2. The number of benzene rings is 1. The first-order chi connectivity index (χ1) is 14.7. The van der Waals surface area contributed by atoms with Gasteiger partial charge in [0.2, 0.25) is 10.0 Å². The van der Waals surface area contributed by atoms with Crippen molar-refractivity contribution in [3.63, 3.8) is 0 Å². The Morgan fingerprint density at radius 1 is 0.935 bits per heavy atom. The SMILES string of the molecule is Cc1ccc(S(=O)(=O)NC2CC(C)C(O)C(C3C(O)CCC4CCCCC43)C2C)cc1. The van der Waals surface area contributed by atoms with Gasteiger partial charge in [-0.2, -0.15) is 0 Å². The number of rotatable bonds is 4. The van der Waals surface area contributed by atoms with Crippen LogP contribution in [0.15, 0.2) is 29.2 Å². The molecule has 3 saturated carbocycles. The van der Waals surface area contributed by atoms with Crippen LogP contribution >= 0.6 is 0 Å². The fraction of sp³-hybridized carbons (Fsp3) is 0.760. The molecule has 174 valence electrons. The van der Waals surface area contributed by atoms with Gasteiger partial charge < -0.3 is 10.2 Å². The van der Waals surface area contributed by atoms with Crippen molar-refractivity contribution in [2.75, 3.05) is 0 Å². The molecule has 0 radical (unpaired) electrons. The number of hydrogen-bond acceptors (Lipinski definition) is 4. The van der Waals surface area contributed by atoms with Gasteiger partial charge in [0, 0.05) is 6.04 Å². The first-order valence-corrected chi connectivity index (χ1v) is 13.6. The number of fused-ring (bicyclic) bond motifs is 1. The molecule has 0 spiro atoms. The molecule has 3 N–H and O–H groups in total. The summed E-state index contributed by atoms with van der Waals surface area (Å²) in [5.41, 5.74) is 1.02. The van der Waals surface area contributed by atoms with Crippen molar-refractivity contribution < 1.29 is 18.6 Å². The van der Waals surface area contributed by atoms with Gasteiger partial charge in [-0.3, -0.25) is 0 Å². The third kappa shape index (κ3) is 4.59. The molecule has 1 aromatic carbocycles. The quantitative estimate of drug-likeness (QED) is 0.651. The van der Waals surface area contributed by atoms with Crippen molar-refractivity contribution in [1.29, 1.82) is 0 Å². The molecule has 0 heterocycles. The molecular formula is C25H39NO4S. The standard InChI is InChI=1S/C25H39NO4S/c1-15-8-11-19(12-9-15)31(29,30)26-21-14-16(2)25(28)23(17(21)3)24-20-7-5-4-6-18(20)10-13-22(24)27/h8-9,11-12,16-18,20-28H,4-7,10,13-14H2,1-3H3. The van der Waals surface area contributed by atoms with E-state index in [4.69, 9.17) is 0 Å². The Morgan fingerprint density at radius 3 is 2.32 bits per heavy atom. The van der Waals surface area contributed by atoms with Gasteiger partial charge in [-0.15, -0.1) is 0 Å². The molecule has 3 aliphatic carbocycles. The van der Waals surface area contributed by atoms with E-state index in [1.165, 1.54) is 19.3 Å². The van der Waals surface area contributed by atoms with Gasteiger partial charge in [-0.25, -0.2) is 13.1 Å². The average Bonchev–Trinajstić information content (AvgIpc) is 2.74. The lowest BCUT2D eigenvalue weighted by atomic mass is 9.55.